The number of benzene rings is 2. The highest BCUT2D eigenvalue weighted by atomic mass is 32.1. The Morgan fingerprint density at radius 2 is 1.88 bits per heavy atom. The third kappa shape index (κ3) is 5.33. The van der Waals surface area contributed by atoms with E-state index in [4.69, 9.17) is 4.74 Å². The molecule has 0 unspecified atom stereocenters. The standard InChI is InChI=1S/C29H28FN5O4S/c1-17-25(28(37)35(19-8-6-5-7-9-19)34(17)16-29(2,3)38)27(36)33-18-10-11-22(20(30)14-18)39-23-12-13-32-21-15-24(31-4)40-26(21)23/h5-15,31,38H,16H2,1-4H3,(H,33,36). The van der Waals surface area contributed by atoms with Crippen molar-refractivity contribution in [3.8, 4) is 17.2 Å². The maximum Gasteiger partial charge on any atom is 0.284 e. The molecule has 0 atom stereocenters. The van der Waals surface area contributed by atoms with Gasteiger partial charge in [-0.2, -0.15) is 0 Å². The monoisotopic (exact) mass is 561 g/mol. The molecule has 0 saturated heterocycles. The summed E-state index contributed by atoms with van der Waals surface area (Å²) >= 11 is 1.44. The second-order valence-corrected chi connectivity index (χ2v) is 10.9. The summed E-state index contributed by atoms with van der Waals surface area (Å²) in [6.45, 7) is 4.94. The Balaban J connectivity index is 1.44. The lowest BCUT2D eigenvalue weighted by atomic mass is 10.1. The van der Waals surface area contributed by atoms with E-state index < -0.39 is 22.9 Å². The Hall–Kier alpha value is -4.48. The molecule has 206 valence electrons. The van der Waals surface area contributed by atoms with Crippen LogP contribution in [0.15, 0.2) is 71.7 Å². The normalized spacial score (nSPS) is 11.6. The molecule has 3 heterocycles. The topological polar surface area (TPSA) is 110 Å². The third-order valence-electron chi connectivity index (χ3n) is 6.19. The van der Waals surface area contributed by atoms with Crippen molar-refractivity contribution in [3.63, 3.8) is 0 Å². The highest BCUT2D eigenvalue weighted by molar-refractivity contribution is 7.23. The molecule has 0 spiro atoms. The van der Waals surface area contributed by atoms with Crippen molar-refractivity contribution in [2.24, 2.45) is 0 Å². The first-order chi connectivity index (χ1) is 19.1. The maximum atomic E-state index is 15.1. The van der Waals surface area contributed by atoms with Crippen LogP contribution in [0.2, 0.25) is 0 Å². The predicted molar refractivity (Wildman–Crippen MR) is 155 cm³/mol. The number of amides is 1. The summed E-state index contributed by atoms with van der Waals surface area (Å²) in [6, 6.07) is 16.4. The van der Waals surface area contributed by atoms with Crippen LogP contribution in [0.1, 0.15) is 29.9 Å². The zero-order chi connectivity index (χ0) is 28.6. The first-order valence-electron chi connectivity index (χ1n) is 12.5. The summed E-state index contributed by atoms with van der Waals surface area (Å²) in [5.74, 6) is -0.948. The number of pyridine rings is 1. The smallest absolute Gasteiger partial charge is 0.284 e. The molecule has 0 fully saturated rings. The number of aliphatic hydroxyl groups is 1. The van der Waals surface area contributed by atoms with Gasteiger partial charge in [-0.25, -0.2) is 9.07 Å². The van der Waals surface area contributed by atoms with Crippen LogP contribution in [0.25, 0.3) is 15.9 Å². The number of carbonyl (C=O) groups is 1. The number of ether oxygens (including phenoxy) is 1. The first kappa shape index (κ1) is 27.1. The van der Waals surface area contributed by atoms with Gasteiger partial charge in [0.15, 0.2) is 11.6 Å². The van der Waals surface area contributed by atoms with Gasteiger partial charge in [-0.3, -0.25) is 19.3 Å². The van der Waals surface area contributed by atoms with Gasteiger partial charge in [0, 0.05) is 31.1 Å². The minimum atomic E-state index is -1.16. The molecule has 0 radical (unpaired) electrons. The van der Waals surface area contributed by atoms with Gasteiger partial charge < -0.3 is 20.5 Å². The number of aromatic nitrogens is 3. The van der Waals surface area contributed by atoms with Crippen LogP contribution < -0.4 is 20.9 Å². The summed E-state index contributed by atoms with van der Waals surface area (Å²) in [4.78, 5) is 31.1. The molecule has 1 amide bonds. The lowest BCUT2D eigenvalue weighted by molar-refractivity contribution is 0.0546. The fourth-order valence-electron chi connectivity index (χ4n) is 4.38. The number of nitrogens with one attached hydrogen (secondary N) is 2. The molecule has 0 bridgehead atoms. The van der Waals surface area contributed by atoms with Crippen molar-refractivity contribution in [2.75, 3.05) is 17.7 Å². The minimum Gasteiger partial charge on any atom is -0.453 e. The number of halogens is 1. The van der Waals surface area contributed by atoms with Crippen LogP contribution in [0.5, 0.6) is 11.5 Å². The van der Waals surface area contributed by atoms with E-state index in [1.165, 1.54) is 28.2 Å². The van der Waals surface area contributed by atoms with E-state index in [0.29, 0.717) is 17.1 Å². The average molecular weight is 562 g/mol. The van der Waals surface area contributed by atoms with Gasteiger partial charge in [0.05, 0.1) is 38.7 Å². The number of thiophene rings is 1. The Labute approximate surface area is 233 Å². The van der Waals surface area contributed by atoms with Crippen molar-refractivity contribution in [2.45, 2.75) is 32.9 Å². The second kappa shape index (κ2) is 10.6. The molecule has 5 rings (SSSR count). The van der Waals surface area contributed by atoms with Crippen molar-refractivity contribution in [1.82, 2.24) is 14.3 Å². The van der Waals surface area contributed by atoms with E-state index in [2.05, 4.69) is 15.6 Å². The van der Waals surface area contributed by atoms with Crippen LogP contribution in [-0.2, 0) is 6.54 Å². The Bertz CT molecular complexity index is 1770. The van der Waals surface area contributed by atoms with Crippen LogP contribution >= 0.6 is 11.3 Å². The number of para-hydroxylation sites is 1. The van der Waals surface area contributed by atoms with Gasteiger partial charge in [-0.15, -0.1) is 11.3 Å². The molecular weight excluding hydrogens is 533 g/mol. The van der Waals surface area contributed by atoms with E-state index >= 15 is 4.39 Å². The van der Waals surface area contributed by atoms with Crippen molar-refractivity contribution >= 4 is 38.1 Å². The number of nitrogens with zero attached hydrogens (tertiary/aromatic N) is 3. The molecule has 5 aromatic rings. The van der Waals surface area contributed by atoms with Gasteiger partial charge in [0.1, 0.15) is 11.3 Å². The molecule has 11 heteroatoms. The number of hydrogen-bond acceptors (Lipinski definition) is 7. The lowest BCUT2D eigenvalue weighted by Crippen LogP contribution is -2.32. The number of carbonyl (C=O) groups excluding carboxylic acids is 1. The maximum absolute atomic E-state index is 15.1. The van der Waals surface area contributed by atoms with Gasteiger partial charge in [-0.1, -0.05) is 18.2 Å². The number of rotatable bonds is 8. The van der Waals surface area contributed by atoms with Crippen LogP contribution in [0.3, 0.4) is 0 Å². The average Bonchev–Trinajstić information content (AvgIpc) is 3.44. The molecule has 3 N–H and O–H groups in total. The molecule has 3 aromatic heterocycles. The predicted octanol–water partition coefficient (Wildman–Crippen LogP) is 5.55. The molecule has 0 aliphatic heterocycles. The molecule has 9 nitrogen and oxygen atoms in total. The first-order valence-corrected chi connectivity index (χ1v) is 13.3. The van der Waals surface area contributed by atoms with E-state index in [1.807, 2.05) is 12.1 Å². The fourth-order valence-corrected chi connectivity index (χ4v) is 5.30. The van der Waals surface area contributed by atoms with Crippen LogP contribution in [0, 0.1) is 12.7 Å². The molecule has 40 heavy (non-hydrogen) atoms. The Morgan fingerprint density at radius 3 is 2.55 bits per heavy atom. The van der Waals surface area contributed by atoms with E-state index in [9.17, 15) is 14.7 Å². The van der Waals surface area contributed by atoms with Gasteiger partial charge in [0.25, 0.3) is 11.5 Å². The van der Waals surface area contributed by atoms with E-state index in [0.717, 1.165) is 21.3 Å². The molecule has 2 aromatic carbocycles. The van der Waals surface area contributed by atoms with Crippen LogP contribution in [-0.4, -0.2) is 38.0 Å². The van der Waals surface area contributed by atoms with Gasteiger partial charge >= 0.3 is 0 Å². The summed E-state index contributed by atoms with van der Waals surface area (Å²) in [6.07, 6.45) is 1.59. The summed E-state index contributed by atoms with van der Waals surface area (Å²) in [5, 5.41) is 17.1. The Kier molecular flexibility index (Phi) is 7.17. The summed E-state index contributed by atoms with van der Waals surface area (Å²) in [7, 11) is 1.80. The SMILES string of the molecule is CNc1cc2nccc(Oc3ccc(NC(=O)c4c(C)n(CC(C)(C)O)n(-c5ccccc5)c4=O)cc3F)c2s1. The van der Waals surface area contributed by atoms with Crippen LogP contribution in [0.4, 0.5) is 15.1 Å². The molecule has 0 aliphatic rings. The largest absolute Gasteiger partial charge is 0.453 e. The number of anilines is 2. The quantitative estimate of drug-likeness (QED) is 0.229. The number of fused-ring (bicyclic) bond motifs is 1. The Morgan fingerprint density at radius 1 is 1.12 bits per heavy atom. The summed E-state index contributed by atoms with van der Waals surface area (Å²) < 4.78 is 24.6. The third-order valence-corrected chi connectivity index (χ3v) is 7.35. The zero-order valence-corrected chi connectivity index (χ0v) is 23.2. The van der Waals surface area contributed by atoms with Crippen molar-refractivity contribution in [1.29, 1.82) is 0 Å². The van der Waals surface area contributed by atoms with Crippen molar-refractivity contribution in [3.05, 3.63) is 94.3 Å². The highest BCUT2D eigenvalue weighted by Crippen LogP contribution is 2.38. The van der Waals surface area contributed by atoms with Gasteiger partial charge in [0.2, 0.25) is 0 Å². The van der Waals surface area contributed by atoms with Crippen molar-refractivity contribution < 1.29 is 19.0 Å². The fraction of sp³-hybridized carbons (Fsp3) is 0.207. The zero-order valence-electron chi connectivity index (χ0n) is 22.4. The lowest BCUT2D eigenvalue weighted by Gasteiger charge is -2.22. The second-order valence-electron chi connectivity index (χ2n) is 9.87. The minimum absolute atomic E-state index is 0.0242. The molecule has 0 saturated carbocycles. The number of hydrogen-bond donors (Lipinski definition) is 3. The van der Waals surface area contributed by atoms with Gasteiger partial charge in [-0.05, 0) is 51.1 Å². The highest BCUT2D eigenvalue weighted by Gasteiger charge is 2.27. The van der Waals surface area contributed by atoms with E-state index in [1.54, 1.807) is 69.0 Å². The molecular formula is C29H28FN5O4S. The van der Waals surface area contributed by atoms with E-state index in [-0.39, 0.29) is 23.5 Å². The summed E-state index contributed by atoms with van der Waals surface area (Å²) in [5.41, 5.74) is -0.0162. The molecule has 0 aliphatic carbocycles.